The molecule has 0 radical (unpaired) electrons. The van der Waals surface area contributed by atoms with E-state index in [2.05, 4.69) is 0 Å². The van der Waals surface area contributed by atoms with E-state index in [4.69, 9.17) is 20.9 Å². The van der Waals surface area contributed by atoms with Crippen molar-refractivity contribution < 1.29 is 19.1 Å². The number of nitrogens with two attached hydrogens (primary N) is 2. The van der Waals surface area contributed by atoms with Crippen LogP contribution >= 0.6 is 0 Å². The van der Waals surface area contributed by atoms with Gasteiger partial charge >= 0.3 is 0 Å². The van der Waals surface area contributed by atoms with E-state index in [-0.39, 0.29) is 19.1 Å². The molecule has 4 N–H and O–H groups in total. The second-order valence-corrected chi connectivity index (χ2v) is 3.42. The zero-order chi connectivity index (χ0) is 12.0. The number of ether oxygens (including phenoxy) is 2. The average molecular weight is 231 g/mol. The van der Waals surface area contributed by atoms with Gasteiger partial charge in [-0.1, -0.05) is 0 Å². The fourth-order valence-electron chi connectivity index (χ4n) is 1.46. The van der Waals surface area contributed by atoms with Crippen molar-refractivity contribution in [2.24, 2.45) is 11.5 Å². The van der Waals surface area contributed by atoms with Crippen molar-refractivity contribution in [1.82, 2.24) is 4.90 Å². The molecular weight excluding hydrogens is 214 g/mol. The molecule has 16 heavy (non-hydrogen) atoms. The van der Waals surface area contributed by atoms with Crippen LogP contribution < -0.4 is 11.5 Å². The summed E-state index contributed by atoms with van der Waals surface area (Å²) in [5.74, 6) is -0.826. The molecule has 1 rings (SSSR count). The highest BCUT2D eigenvalue weighted by Crippen LogP contribution is 2.07. The maximum absolute atomic E-state index is 11.7. The molecular formula is C9H17N3O4. The molecule has 2 amide bonds. The summed E-state index contributed by atoms with van der Waals surface area (Å²) < 4.78 is 10.1. The summed E-state index contributed by atoms with van der Waals surface area (Å²) in [6.45, 7) is 1.51. The number of amides is 2. The highest BCUT2D eigenvalue weighted by atomic mass is 16.5. The lowest BCUT2D eigenvalue weighted by Crippen LogP contribution is -2.55. The zero-order valence-corrected chi connectivity index (χ0v) is 9.05. The molecule has 0 spiro atoms. The third-order valence-electron chi connectivity index (χ3n) is 2.26. The monoisotopic (exact) mass is 231 g/mol. The standard InChI is InChI=1S/C9H17N3O4/c10-1-3-15-6-8(13)12-2-4-16-5-7(12)9(11)14/h7H,1-6,10H2,(H2,11,14). The molecule has 7 heteroatoms. The van der Waals surface area contributed by atoms with Gasteiger partial charge in [0.1, 0.15) is 12.6 Å². The molecule has 1 aliphatic rings. The summed E-state index contributed by atoms with van der Waals surface area (Å²) in [4.78, 5) is 24.2. The molecule has 1 saturated heterocycles. The Balaban J connectivity index is 2.47. The predicted molar refractivity (Wildman–Crippen MR) is 55.4 cm³/mol. The first kappa shape index (κ1) is 12.9. The molecule has 0 bridgehead atoms. The van der Waals surface area contributed by atoms with Crippen LogP contribution in [-0.2, 0) is 19.1 Å². The van der Waals surface area contributed by atoms with E-state index >= 15 is 0 Å². The van der Waals surface area contributed by atoms with E-state index in [1.807, 2.05) is 0 Å². The minimum Gasteiger partial charge on any atom is -0.377 e. The minimum atomic E-state index is -0.692. The van der Waals surface area contributed by atoms with Gasteiger partial charge in [0.05, 0.1) is 19.8 Å². The molecule has 0 aromatic heterocycles. The van der Waals surface area contributed by atoms with Gasteiger partial charge < -0.3 is 25.8 Å². The topological polar surface area (TPSA) is 108 Å². The van der Waals surface area contributed by atoms with Gasteiger partial charge in [-0.3, -0.25) is 9.59 Å². The Kier molecular flexibility index (Phi) is 5.17. The van der Waals surface area contributed by atoms with Crippen LogP contribution in [0.4, 0.5) is 0 Å². The molecule has 92 valence electrons. The molecule has 7 nitrogen and oxygen atoms in total. The van der Waals surface area contributed by atoms with Crippen LogP contribution in [0.25, 0.3) is 0 Å². The molecule has 1 atom stereocenters. The lowest BCUT2D eigenvalue weighted by atomic mass is 10.2. The highest BCUT2D eigenvalue weighted by molar-refractivity contribution is 5.87. The van der Waals surface area contributed by atoms with E-state index < -0.39 is 11.9 Å². The molecule has 0 saturated carbocycles. The Morgan fingerprint density at radius 1 is 1.50 bits per heavy atom. The fourth-order valence-corrected chi connectivity index (χ4v) is 1.46. The van der Waals surface area contributed by atoms with Gasteiger partial charge in [-0.15, -0.1) is 0 Å². The summed E-state index contributed by atoms with van der Waals surface area (Å²) in [6, 6.07) is -0.692. The maximum Gasteiger partial charge on any atom is 0.249 e. The zero-order valence-electron chi connectivity index (χ0n) is 9.05. The summed E-state index contributed by atoms with van der Waals surface area (Å²) in [5, 5.41) is 0. The second kappa shape index (κ2) is 6.41. The first-order valence-corrected chi connectivity index (χ1v) is 5.11. The quantitative estimate of drug-likeness (QED) is 0.516. The van der Waals surface area contributed by atoms with Crippen LogP contribution in [0.15, 0.2) is 0 Å². The number of morpholine rings is 1. The third kappa shape index (κ3) is 3.44. The largest absolute Gasteiger partial charge is 0.377 e. The Morgan fingerprint density at radius 2 is 2.25 bits per heavy atom. The third-order valence-corrected chi connectivity index (χ3v) is 2.26. The lowest BCUT2D eigenvalue weighted by molar-refractivity contribution is -0.150. The number of hydrogen-bond acceptors (Lipinski definition) is 5. The molecule has 0 aromatic carbocycles. The number of primary amides is 1. The van der Waals surface area contributed by atoms with Crippen molar-refractivity contribution in [3.05, 3.63) is 0 Å². The van der Waals surface area contributed by atoms with Crippen LogP contribution in [0.5, 0.6) is 0 Å². The maximum atomic E-state index is 11.7. The van der Waals surface area contributed by atoms with Crippen LogP contribution in [0.3, 0.4) is 0 Å². The molecule has 1 heterocycles. The number of nitrogens with zero attached hydrogens (tertiary/aromatic N) is 1. The highest BCUT2D eigenvalue weighted by Gasteiger charge is 2.31. The van der Waals surface area contributed by atoms with Crippen molar-refractivity contribution in [3.8, 4) is 0 Å². The van der Waals surface area contributed by atoms with Crippen molar-refractivity contribution in [3.63, 3.8) is 0 Å². The van der Waals surface area contributed by atoms with Gasteiger partial charge in [-0.2, -0.15) is 0 Å². The first-order chi connectivity index (χ1) is 7.66. The normalized spacial score (nSPS) is 20.8. The van der Waals surface area contributed by atoms with E-state index in [1.54, 1.807) is 0 Å². The first-order valence-electron chi connectivity index (χ1n) is 5.11. The minimum absolute atomic E-state index is 0.0824. The molecule has 1 aliphatic heterocycles. The predicted octanol–water partition coefficient (Wildman–Crippen LogP) is -2.33. The Hall–Kier alpha value is -1.18. The molecule has 1 fully saturated rings. The number of rotatable bonds is 5. The lowest BCUT2D eigenvalue weighted by Gasteiger charge is -2.33. The summed E-state index contributed by atoms with van der Waals surface area (Å²) >= 11 is 0. The SMILES string of the molecule is NCCOCC(=O)N1CCOCC1C(N)=O. The van der Waals surface area contributed by atoms with E-state index in [0.29, 0.717) is 26.3 Å². The second-order valence-electron chi connectivity index (χ2n) is 3.42. The van der Waals surface area contributed by atoms with Gasteiger partial charge in [0.25, 0.3) is 0 Å². The van der Waals surface area contributed by atoms with Crippen LogP contribution in [0.2, 0.25) is 0 Å². The van der Waals surface area contributed by atoms with E-state index in [0.717, 1.165) is 0 Å². The average Bonchev–Trinajstić information content (AvgIpc) is 2.29. The van der Waals surface area contributed by atoms with Gasteiger partial charge in [-0.25, -0.2) is 0 Å². The van der Waals surface area contributed by atoms with Crippen molar-refractivity contribution in [1.29, 1.82) is 0 Å². The summed E-state index contributed by atoms with van der Waals surface area (Å²) in [6.07, 6.45) is 0. The van der Waals surface area contributed by atoms with Crippen molar-refractivity contribution >= 4 is 11.8 Å². The number of carbonyl (C=O) groups excluding carboxylic acids is 2. The molecule has 0 aromatic rings. The van der Waals surface area contributed by atoms with Crippen LogP contribution in [-0.4, -0.2) is 62.3 Å². The van der Waals surface area contributed by atoms with Gasteiger partial charge in [0.2, 0.25) is 11.8 Å². The van der Waals surface area contributed by atoms with Gasteiger partial charge in [0.15, 0.2) is 0 Å². The van der Waals surface area contributed by atoms with Gasteiger partial charge in [-0.05, 0) is 0 Å². The van der Waals surface area contributed by atoms with Crippen LogP contribution in [0, 0.1) is 0 Å². The van der Waals surface area contributed by atoms with Crippen LogP contribution in [0.1, 0.15) is 0 Å². The van der Waals surface area contributed by atoms with E-state index in [1.165, 1.54) is 4.90 Å². The molecule has 0 aliphatic carbocycles. The number of carbonyl (C=O) groups is 2. The Labute approximate surface area is 93.6 Å². The van der Waals surface area contributed by atoms with Gasteiger partial charge in [0, 0.05) is 13.1 Å². The summed E-state index contributed by atoms with van der Waals surface area (Å²) in [7, 11) is 0. The van der Waals surface area contributed by atoms with E-state index in [9.17, 15) is 9.59 Å². The van der Waals surface area contributed by atoms with Crippen molar-refractivity contribution in [2.45, 2.75) is 6.04 Å². The Bertz CT molecular complexity index is 259. The number of hydrogen-bond donors (Lipinski definition) is 2. The molecule has 1 unspecified atom stereocenters. The fraction of sp³-hybridized carbons (Fsp3) is 0.778. The Morgan fingerprint density at radius 3 is 2.88 bits per heavy atom. The summed E-state index contributed by atoms with van der Waals surface area (Å²) in [5.41, 5.74) is 10.4. The van der Waals surface area contributed by atoms with Crippen molar-refractivity contribution in [2.75, 3.05) is 39.5 Å². The smallest absolute Gasteiger partial charge is 0.249 e.